The van der Waals surface area contributed by atoms with E-state index in [4.69, 9.17) is 14.9 Å². The average molecular weight is 260 g/mol. The van der Waals surface area contributed by atoms with Gasteiger partial charge in [-0.2, -0.15) is 0 Å². The number of aryl methyl sites for hydroxylation is 1. The Morgan fingerprint density at radius 2 is 2.16 bits per heavy atom. The SMILES string of the molecule is COc1ccc(C(=O)NCc2ccc(C)o2)c(N)c1. The van der Waals surface area contributed by atoms with Gasteiger partial charge in [0.2, 0.25) is 0 Å². The number of rotatable bonds is 4. The summed E-state index contributed by atoms with van der Waals surface area (Å²) in [7, 11) is 1.55. The van der Waals surface area contributed by atoms with Crippen LogP contribution in [0.3, 0.4) is 0 Å². The smallest absolute Gasteiger partial charge is 0.253 e. The summed E-state index contributed by atoms with van der Waals surface area (Å²) in [4.78, 5) is 12.0. The first kappa shape index (κ1) is 13.0. The van der Waals surface area contributed by atoms with Crippen molar-refractivity contribution < 1.29 is 13.9 Å². The third-order valence-electron chi connectivity index (χ3n) is 2.72. The number of carbonyl (C=O) groups excluding carboxylic acids is 1. The molecule has 5 heteroatoms. The van der Waals surface area contributed by atoms with Gasteiger partial charge in [0.1, 0.15) is 17.3 Å². The Balaban J connectivity index is 2.03. The number of furan rings is 1. The Morgan fingerprint density at radius 3 is 2.74 bits per heavy atom. The van der Waals surface area contributed by atoms with Crippen LogP contribution in [0.4, 0.5) is 5.69 Å². The van der Waals surface area contributed by atoms with E-state index in [0.717, 1.165) is 5.76 Å². The quantitative estimate of drug-likeness (QED) is 0.825. The van der Waals surface area contributed by atoms with E-state index in [9.17, 15) is 4.79 Å². The van der Waals surface area contributed by atoms with Crippen molar-refractivity contribution in [2.75, 3.05) is 12.8 Å². The van der Waals surface area contributed by atoms with E-state index in [2.05, 4.69) is 5.32 Å². The number of carbonyl (C=O) groups is 1. The normalized spacial score (nSPS) is 10.2. The predicted molar refractivity (Wildman–Crippen MR) is 72.0 cm³/mol. The second-order valence-corrected chi connectivity index (χ2v) is 4.15. The van der Waals surface area contributed by atoms with Crippen molar-refractivity contribution in [3.63, 3.8) is 0 Å². The van der Waals surface area contributed by atoms with Gasteiger partial charge in [-0.3, -0.25) is 4.79 Å². The molecule has 2 aromatic rings. The number of benzene rings is 1. The summed E-state index contributed by atoms with van der Waals surface area (Å²) in [5.74, 6) is 1.90. The number of nitrogens with two attached hydrogens (primary N) is 1. The summed E-state index contributed by atoms with van der Waals surface area (Å²) in [6, 6.07) is 8.63. The molecule has 19 heavy (non-hydrogen) atoms. The maximum absolute atomic E-state index is 12.0. The molecule has 0 fully saturated rings. The van der Waals surface area contributed by atoms with Crippen LogP contribution in [0, 0.1) is 6.92 Å². The van der Waals surface area contributed by atoms with Gasteiger partial charge in [-0.1, -0.05) is 0 Å². The summed E-state index contributed by atoms with van der Waals surface area (Å²) in [5, 5.41) is 2.75. The van der Waals surface area contributed by atoms with Crippen LogP contribution in [0.2, 0.25) is 0 Å². The first-order chi connectivity index (χ1) is 9.10. The minimum Gasteiger partial charge on any atom is -0.497 e. The maximum Gasteiger partial charge on any atom is 0.253 e. The molecule has 0 aliphatic rings. The van der Waals surface area contributed by atoms with Crippen molar-refractivity contribution in [3.05, 3.63) is 47.4 Å². The summed E-state index contributed by atoms with van der Waals surface area (Å²) in [6.07, 6.45) is 0. The molecule has 0 bridgehead atoms. The molecule has 0 saturated carbocycles. The monoisotopic (exact) mass is 260 g/mol. The highest BCUT2D eigenvalue weighted by molar-refractivity contribution is 5.99. The summed E-state index contributed by atoms with van der Waals surface area (Å²) >= 11 is 0. The topological polar surface area (TPSA) is 77.5 Å². The number of hydrogen-bond acceptors (Lipinski definition) is 4. The van der Waals surface area contributed by atoms with Crippen LogP contribution < -0.4 is 15.8 Å². The highest BCUT2D eigenvalue weighted by Crippen LogP contribution is 2.19. The third kappa shape index (κ3) is 3.07. The molecule has 100 valence electrons. The van der Waals surface area contributed by atoms with Gasteiger partial charge < -0.3 is 20.2 Å². The molecule has 0 radical (unpaired) electrons. The number of anilines is 1. The number of nitrogen functional groups attached to an aromatic ring is 1. The van der Waals surface area contributed by atoms with Crippen LogP contribution in [0.5, 0.6) is 5.75 Å². The average Bonchev–Trinajstić information content (AvgIpc) is 2.81. The molecule has 5 nitrogen and oxygen atoms in total. The fourth-order valence-corrected chi connectivity index (χ4v) is 1.72. The second-order valence-electron chi connectivity index (χ2n) is 4.15. The fourth-order valence-electron chi connectivity index (χ4n) is 1.72. The second kappa shape index (κ2) is 5.48. The lowest BCUT2D eigenvalue weighted by Crippen LogP contribution is -2.23. The Kier molecular flexibility index (Phi) is 3.75. The van der Waals surface area contributed by atoms with Gasteiger partial charge >= 0.3 is 0 Å². The van der Waals surface area contributed by atoms with Crippen molar-refractivity contribution in [1.82, 2.24) is 5.32 Å². The van der Waals surface area contributed by atoms with Crippen LogP contribution in [0.15, 0.2) is 34.7 Å². The Hall–Kier alpha value is -2.43. The first-order valence-corrected chi connectivity index (χ1v) is 5.87. The van der Waals surface area contributed by atoms with E-state index in [1.807, 2.05) is 19.1 Å². The number of hydrogen-bond donors (Lipinski definition) is 2. The van der Waals surface area contributed by atoms with Crippen molar-refractivity contribution >= 4 is 11.6 Å². The zero-order chi connectivity index (χ0) is 13.8. The molecule has 1 aromatic heterocycles. The highest BCUT2D eigenvalue weighted by atomic mass is 16.5. The zero-order valence-corrected chi connectivity index (χ0v) is 10.9. The van der Waals surface area contributed by atoms with E-state index in [1.54, 1.807) is 25.3 Å². The van der Waals surface area contributed by atoms with E-state index in [-0.39, 0.29) is 5.91 Å². The molecule has 0 saturated heterocycles. The van der Waals surface area contributed by atoms with Crippen molar-refractivity contribution in [1.29, 1.82) is 0 Å². The van der Waals surface area contributed by atoms with Gasteiger partial charge in [0.15, 0.2) is 0 Å². The number of ether oxygens (including phenoxy) is 1. The molecule has 1 heterocycles. The molecule has 2 rings (SSSR count). The van der Waals surface area contributed by atoms with Crippen LogP contribution in [-0.2, 0) is 6.54 Å². The van der Waals surface area contributed by atoms with Crippen LogP contribution in [0.1, 0.15) is 21.9 Å². The number of methoxy groups -OCH3 is 1. The molecule has 0 aliphatic heterocycles. The lowest BCUT2D eigenvalue weighted by Gasteiger charge is -2.08. The van der Waals surface area contributed by atoms with Gasteiger partial charge in [-0.05, 0) is 31.2 Å². The fraction of sp³-hybridized carbons (Fsp3) is 0.214. The number of nitrogens with one attached hydrogen (secondary N) is 1. The minimum atomic E-state index is -0.241. The van der Waals surface area contributed by atoms with Crippen LogP contribution in [-0.4, -0.2) is 13.0 Å². The standard InChI is InChI=1S/C14H16N2O3/c1-9-3-4-11(19-9)8-16-14(17)12-6-5-10(18-2)7-13(12)15/h3-7H,8,15H2,1-2H3,(H,16,17). The molecule has 0 aliphatic carbocycles. The van der Waals surface area contributed by atoms with Gasteiger partial charge in [0.05, 0.1) is 19.2 Å². The van der Waals surface area contributed by atoms with Crippen LogP contribution in [0.25, 0.3) is 0 Å². The molecule has 0 spiro atoms. The van der Waals surface area contributed by atoms with E-state index in [0.29, 0.717) is 29.3 Å². The predicted octanol–water partition coefficient (Wildman–Crippen LogP) is 2.11. The van der Waals surface area contributed by atoms with Gasteiger partial charge in [-0.15, -0.1) is 0 Å². The summed E-state index contributed by atoms with van der Waals surface area (Å²) in [5.41, 5.74) is 6.61. The maximum atomic E-state index is 12.0. The largest absolute Gasteiger partial charge is 0.497 e. The molecule has 1 aromatic carbocycles. The lowest BCUT2D eigenvalue weighted by atomic mass is 10.1. The summed E-state index contributed by atoms with van der Waals surface area (Å²) < 4.78 is 10.4. The van der Waals surface area contributed by atoms with E-state index in [1.165, 1.54) is 0 Å². The molecule has 1 amide bonds. The van der Waals surface area contributed by atoms with Crippen molar-refractivity contribution in [2.45, 2.75) is 13.5 Å². The molecule has 3 N–H and O–H groups in total. The van der Waals surface area contributed by atoms with Gasteiger partial charge in [0, 0.05) is 11.8 Å². The molecular formula is C14H16N2O3. The lowest BCUT2D eigenvalue weighted by molar-refractivity contribution is 0.0948. The first-order valence-electron chi connectivity index (χ1n) is 5.87. The zero-order valence-electron chi connectivity index (χ0n) is 10.9. The van der Waals surface area contributed by atoms with Gasteiger partial charge in [-0.25, -0.2) is 0 Å². The van der Waals surface area contributed by atoms with Crippen molar-refractivity contribution in [2.24, 2.45) is 0 Å². The third-order valence-corrected chi connectivity index (χ3v) is 2.72. The Labute approximate surface area is 111 Å². The molecular weight excluding hydrogens is 244 g/mol. The Bertz CT molecular complexity index is 590. The minimum absolute atomic E-state index is 0.241. The summed E-state index contributed by atoms with van der Waals surface area (Å²) in [6.45, 7) is 2.19. The highest BCUT2D eigenvalue weighted by Gasteiger charge is 2.10. The van der Waals surface area contributed by atoms with Crippen molar-refractivity contribution in [3.8, 4) is 5.75 Å². The molecule has 0 unspecified atom stereocenters. The van der Waals surface area contributed by atoms with E-state index >= 15 is 0 Å². The van der Waals surface area contributed by atoms with E-state index < -0.39 is 0 Å². The van der Waals surface area contributed by atoms with Gasteiger partial charge in [0.25, 0.3) is 5.91 Å². The number of amides is 1. The van der Waals surface area contributed by atoms with Crippen LogP contribution >= 0.6 is 0 Å². The Morgan fingerprint density at radius 1 is 1.37 bits per heavy atom. The molecule has 0 atom stereocenters.